The second-order valence-corrected chi connectivity index (χ2v) is 5.21. The van der Waals surface area contributed by atoms with E-state index in [1.165, 1.54) is 45.6 Å². The summed E-state index contributed by atoms with van der Waals surface area (Å²) in [7, 11) is 1.39. The van der Waals surface area contributed by atoms with Crippen LogP contribution in [0.2, 0.25) is 0 Å². The van der Waals surface area contributed by atoms with E-state index in [1.54, 1.807) is 16.9 Å². The van der Waals surface area contributed by atoms with Crippen molar-refractivity contribution in [3.63, 3.8) is 0 Å². The highest BCUT2D eigenvalue weighted by atomic mass is 16.5. The minimum absolute atomic E-state index is 0.320. The number of terminal acetylenes is 1. The molecule has 0 saturated carbocycles. The van der Waals surface area contributed by atoms with Crippen LogP contribution < -0.4 is 0 Å². The van der Waals surface area contributed by atoms with Crippen LogP contribution in [0.25, 0.3) is 0 Å². The molecule has 1 aromatic heterocycles. The number of ether oxygens (including phenoxy) is 1. The number of aryl methyl sites for hydroxylation is 1. The second kappa shape index (κ2) is 11.0. The van der Waals surface area contributed by atoms with E-state index in [1.807, 2.05) is 0 Å². The Bertz CT molecular complexity index is 446. The fourth-order valence-corrected chi connectivity index (χ4v) is 2.34. The van der Waals surface area contributed by atoms with Crippen molar-refractivity contribution in [3.8, 4) is 12.3 Å². The number of carbonyl (C=O) groups excluding carboxylic acids is 1. The summed E-state index contributed by atoms with van der Waals surface area (Å²) in [5.41, 5.74) is 0.533. The number of methoxy groups -OCH3 is 1. The van der Waals surface area contributed by atoms with Crippen molar-refractivity contribution in [2.75, 3.05) is 7.11 Å². The molecule has 0 fully saturated rings. The van der Waals surface area contributed by atoms with E-state index in [4.69, 9.17) is 11.2 Å². The molecule has 0 bridgehead atoms. The predicted molar refractivity (Wildman–Crippen MR) is 84.0 cm³/mol. The van der Waals surface area contributed by atoms with Gasteiger partial charge in [0.15, 0.2) is 0 Å². The second-order valence-electron chi connectivity index (χ2n) is 5.21. The number of rotatable bonds is 11. The van der Waals surface area contributed by atoms with Crippen molar-refractivity contribution in [1.82, 2.24) is 9.78 Å². The molecule has 4 nitrogen and oxygen atoms in total. The Kier molecular flexibility index (Phi) is 9.03. The van der Waals surface area contributed by atoms with Crippen LogP contribution in [-0.2, 0) is 11.3 Å². The van der Waals surface area contributed by atoms with Gasteiger partial charge in [0, 0.05) is 19.2 Å². The van der Waals surface area contributed by atoms with Gasteiger partial charge in [-0.3, -0.25) is 4.68 Å². The van der Waals surface area contributed by atoms with E-state index in [0.29, 0.717) is 5.69 Å². The summed E-state index contributed by atoms with van der Waals surface area (Å²) in [6.07, 6.45) is 17.5. The third-order valence-electron chi connectivity index (χ3n) is 3.55. The number of aromatic nitrogens is 2. The van der Waals surface area contributed by atoms with Gasteiger partial charge in [-0.2, -0.15) is 5.10 Å². The maximum Gasteiger partial charge on any atom is 0.356 e. The quantitative estimate of drug-likeness (QED) is 0.353. The first kappa shape index (κ1) is 17.3. The zero-order valence-corrected chi connectivity index (χ0v) is 13.0. The minimum Gasteiger partial charge on any atom is -0.464 e. The van der Waals surface area contributed by atoms with Crippen LogP contribution in [0.4, 0.5) is 0 Å². The van der Waals surface area contributed by atoms with Gasteiger partial charge in [-0.25, -0.2) is 4.79 Å². The van der Waals surface area contributed by atoms with E-state index in [-0.39, 0.29) is 5.97 Å². The van der Waals surface area contributed by atoms with Crippen molar-refractivity contribution in [3.05, 3.63) is 18.0 Å². The van der Waals surface area contributed by atoms with Crippen molar-refractivity contribution in [2.24, 2.45) is 0 Å². The fourth-order valence-electron chi connectivity index (χ4n) is 2.34. The molecule has 0 unspecified atom stereocenters. The van der Waals surface area contributed by atoms with Crippen LogP contribution in [0.5, 0.6) is 0 Å². The summed E-state index contributed by atoms with van der Waals surface area (Å²) in [5, 5.41) is 4.16. The molecule has 0 N–H and O–H groups in total. The smallest absolute Gasteiger partial charge is 0.356 e. The van der Waals surface area contributed by atoms with Gasteiger partial charge in [0.05, 0.1) is 7.11 Å². The van der Waals surface area contributed by atoms with E-state index in [0.717, 1.165) is 25.8 Å². The Morgan fingerprint density at radius 3 is 2.43 bits per heavy atom. The van der Waals surface area contributed by atoms with Crippen molar-refractivity contribution >= 4 is 5.97 Å². The molecule has 0 aromatic carbocycles. The molecule has 1 aromatic rings. The summed E-state index contributed by atoms with van der Waals surface area (Å²) in [4.78, 5) is 11.5. The zero-order valence-electron chi connectivity index (χ0n) is 13.0. The molecule has 4 heteroatoms. The Balaban J connectivity index is 2.03. The number of nitrogens with zero attached hydrogens (tertiary/aromatic N) is 2. The molecule has 21 heavy (non-hydrogen) atoms. The van der Waals surface area contributed by atoms with Crippen LogP contribution in [0.1, 0.15) is 68.3 Å². The van der Waals surface area contributed by atoms with Crippen molar-refractivity contribution in [2.45, 2.75) is 64.3 Å². The molecule has 0 aliphatic rings. The lowest BCUT2D eigenvalue weighted by molar-refractivity contribution is 0.0586. The summed E-state index contributed by atoms with van der Waals surface area (Å²) >= 11 is 0. The van der Waals surface area contributed by atoms with Crippen molar-refractivity contribution < 1.29 is 9.53 Å². The van der Waals surface area contributed by atoms with E-state index in [9.17, 15) is 4.79 Å². The van der Waals surface area contributed by atoms with Gasteiger partial charge in [0.2, 0.25) is 0 Å². The number of hydrogen-bond acceptors (Lipinski definition) is 3. The lowest BCUT2D eigenvalue weighted by atomic mass is 10.1. The Morgan fingerprint density at radius 2 is 1.81 bits per heavy atom. The van der Waals surface area contributed by atoms with Crippen LogP contribution >= 0.6 is 0 Å². The third kappa shape index (κ3) is 6.99. The van der Waals surface area contributed by atoms with Gasteiger partial charge in [0.1, 0.15) is 5.69 Å². The number of carbonyl (C=O) groups is 1. The third-order valence-corrected chi connectivity index (χ3v) is 3.55. The molecule has 0 spiro atoms. The normalized spacial score (nSPS) is 10.3. The molecular formula is C17H26N2O2. The van der Waals surface area contributed by atoms with Gasteiger partial charge < -0.3 is 4.74 Å². The van der Waals surface area contributed by atoms with Gasteiger partial charge >= 0.3 is 5.97 Å². The molecule has 0 saturated heterocycles. The minimum atomic E-state index is -0.320. The topological polar surface area (TPSA) is 44.1 Å². The molecule has 0 amide bonds. The first-order valence-electron chi connectivity index (χ1n) is 7.83. The lowest BCUT2D eigenvalue weighted by Gasteiger charge is -2.06. The largest absolute Gasteiger partial charge is 0.464 e. The number of unbranched alkanes of at least 4 members (excludes halogenated alkanes) is 8. The maximum atomic E-state index is 11.5. The van der Waals surface area contributed by atoms with Crippen LogP contribution in [0.3, 0.4) is 0 Å². The van der Waals surface area contributed by atoms with Crippen LogP contribution in [-0.4, -0.2) is 22.9 Å². The first-order valence-corrected chi connectivity index (χ1v) is 7.83. The lowest BCUT2D eigenvalue weighted by Crippen LogP contribution is -2.12. The molecule has 0 aliphatic heterocycles. The fraction of sp³-hybridized carbons (Fsp3) is 0.647. The van der Waals surface area contributed by atoms with Crippen molar-refractivity contribution in [1.29, 1.82) is 0 Å². The zero-order chi connectivity index (χ0) is 15.3. The van der Waals surface area contributed by atoms with E-state index >= 15 is 0 Å². The molecule has 0 radical (unpaired) electrons. The standard InChI is InChI=1S/C17H26N2O2/c1-3-4-5-6-7-8-9-10-11-12-15-19-16(13-14-18-19)17(20)21-2/h1,13-14H,4-12,15H2,2H3. The Morgan fingerprint density at radius 1 is 1.19 bits per heavy atom. The highest BCUT2D eigenvalue weighted by Crippen LogP contribution is 2.10. The highest BCUT2D eigenvalue weighted by molar-refractivity contribution is 5.87. The molecule has 1 rings (SSSR count). The Hall–Kier alpha value is -1.76. The number of hydrogen-bond donors (Lipinski definition) is 0. The van der Waals surface area contributed by atoms with Gasteiger partial charge in [-0.15, -0.1) is 12.3 Å². The van der Waals surface area contributed by atoms with Gasteiger partial charge in [-0.1, -0.05) is 38.5 Å². The number of esters is 1. The monoisotopic (exact) mass is 290 g/mol. The molecule has 0 atom stereocenters. The first-order chi connectivity index (χ1) is 10.3. The highest BCUT2D eigenvalue weighted by Gasteiger charge is 2.11. The summed E-state index contributed by atoms with van der Waals surface area (Å²) < 4.78 is 6.45. The van der Waals surface area contributed by atoms with Gasteiger partial charge in [0.25, 0.3) is 0 Å². The molecular weight excluding hydrogens is 264 g/mol. The maximum absolute atomic E-state index is 11.5. The summed E-state index contributed by atoms with van der Waals surface area (Å²) in [5.74, 6) is 2.36. The van der Waals surface area contributed by atoms with E-state index < -0.39 is 0 Å². The van der Waals surface area contributed by atoms with Crippen LogP contribution in [0.15, 0.2) is 12.3 Å². The molecule has 0 aliphatic carbocycles. The summed E-state index contributed by atoms with van der Waals surface area (Å²) in [6.45, 7) is 0.777. The molecule has 116 valence electrons. The van der Waals surface area contributed by atoms with Crippen LogP contribution in [0, 0.1) is 12.3 Å². The van der Waals surface area contributed by atoms with Gasteiger partial charge in [-0.05, 0) is 18.9 Å². The Labute approximate surface area is 127 Å². The molecule has 1 heterocycles. The average molecular weight is 290 g/mol. The predicted octanol–water partition coefficient (Wildman–Crippen LogP) is 3.81. The SMILES string of the molecule is C#CCCCCCCCCCCn1nccc1C(=O)OC. The van der Waals surface area contributed by atoms with E-state index in [2.05, 4.69) is 11.0 Å². The average Bonchev–Trinajstić information content (AvgIpc) is 2.97. The summed E-state index contributed by atoms with van der Waals surface area (Å²) in [6, 6.07) is 1.70.